The first kappa shape index (κ1) is 15.3. The van der Waals surface area contributed by atoms with Crippen LogP contribution in [0.1, 0.15) is 27.2 Å². The van der Waals surface area contributed by atoms with Gasteiger partial charge in [0.05, 0.1) is 6.42 Å². The number of esters is 1. The van der Waals surface area contributed by atoms with Crippen molar-refractivity contribution in [2.24, 2.45) is 5.84 Å². The Kier molecular flexibility index (Phi) is 4.60. The summed E-state index contributed by atoms with van der Waals surface area (Å²) in [6, 6.07) is 0. The summed E-state index contributed by atoms with van der Waals surface area (Å²) in [4.78, 5) is 33.3. The molecule has 0 saturated heterocycles. The van der Waals surface area contributed by atoms with E-state index in [0.717, 1.165) is 0 Å². The van der Waals surface area contributed by atoms with Crippen molar-refractivity contribution in [3.05, 3.63) is 0 Å². The number of carbonyl (C=O) groups excluding carboxylic acids is 1. The molecule has 0 heterocycles. The number of rotatable bonds is 5. The van der Waals surface area contributed by atoms with Crippen LogP contribution in [0.5, 0.6) is 0 Å². The van der Waals surface area contributed by atoms with Crippen LogP contribution in [0, 0.1) is 0 Å². The average Bonchev–Trinajstić information content (AvgIpc) is 2.10. The highest BCUT2D eigenvalue weighted by Gasteiger charge is 2.50. The Morgan fingerprint density at radius 1 is 1.24 bits per heavy atom. The zero-order valence-electron chi connectivity index (χ0n) is 9.81. The lowest BCUT2D eigenvalue weighted by molar-refractivity contribution is -0.174. The summed E-state index contributed by atoms with van der Waals surface area (Å²) >= 11 is 0. The maximum atomic E-state index is 11.7. The maximum Gasteiger partial charge on any atom is 0.340 e. The van der Waals surface area contributed by atoms with Gasteiger partial charge in [0.2, 0.25) is 5.54 Å². The summed E-state index contributed by atoms with van der Waals surface area (Å²) in [5, 5.41) is 17.5. The minimum absolute atomic E-state index is 0.951. The molecule has 8 heteroatoms. The van der Waals surface area contributed by atoms with E-state index in [1.54, 1.807) is 5.43 Å². The Balaban J connectivity index is 5.23. The zero-order chi connectivity index (χ0) is 13.9. The molecule has 0 aliphatic rings. The van der Waals surface area contributed by atoms with Crippen LogP contribution in [-0.2, 0) is 19.1 Å². The molecule has 0 spiro atoms. The fourth-order valence-electron chi connectivity index (χ4n) is 0.999. The third-order valence-corrected chi connectivity index (χ3v) is 1.78. The van der Waals surface area contributed by atoms with E-state index in [-0.39, 0.29) is 0 Å². The maximum absolute atomic E-state index is 11.7. The Hall–Kier alpha value is -1.67. The smallest absolute Gasteiger partial charge is 0.340 e. The second kappa shape index (κ2) is 5.11. The minimum Gasteiger partial charge on any atom is -0.481 e. The van der Waals surface area contributed by atoms with Crippen LogP contribution in [0.15, 0.2) is 0 Å². The first-order valence-corrected chi connectivity index (χ1v) is 4.71. The first-order valence-electron chi connectivity index (χ1n) is 4.71. The molecule has 1 atom stereocenters. The summed E-state index contributed by atoms with van der Waals surface area (Å²) in [5.41, 5.74) is -1.72. The second-order valence-corrected chi connectivity index (χ2v) is 4.43. The molecular weight excluding hydrogens is 232 g/mol. The summed E-state index contributed by atoms with van der Waals surface area (Å²) in [5.74, 6) is 0.533. The summed E-state index contributed by atoms with van der Waals surface area (Å²) in [6.07, 6.45) is -1.02. The molecule has 0 rings (SSSR count). The summed E-state index contributed by atoms with van der Waals surface area (Å²) in [7, 11) is 0. The van der Waals surface area contributed by atoms with Gasteiger partial charge in [0.15, 0.2) is 0 Å². The van der Waals surface area contributed by atoms with E-state index in [2.05, 4.69) is 0 Å². The standard InChI is InChI=1S/C9H16N2O6/c1-8(2,3)17-7(16)9(11-10,6(14)15)4-5(12)13/h11H,4,10H2,1-3H3,(H,12,13)(H,14,15). The van der Waals surface area contributed by atoms with Crippen LogP contribution < -0.4 is 11.3 Å². The van der Waals surface area contributed by atoms with Crippen molar-refractivity contribution in [2.75, 3.05) is 0 Å². The molecule has 1 unspecified atom stereocenters. The van der Waals surface area contributed by atoms with Crippen molar-refractivity contribution in [3.8, 4) is 0 Å². The molecule has 0 saturated carbocycles. The number of aliphatic carboxylic acids is 2. The normalized spacial score (nSPS) is 14.8. The van der Waals surface area contributed by atoms with Gasteiger partial charge in [-0.3, -0.25) is 10.6 Å². The molecule has 8 nitrogen and oxygen atoms in total. The number of hydrazine groups is 1. The summed E-state index contributed by atoms with van der Waals surface area (Å²) in [6.45, 7) is 4.57. The van der Waals surface area contributed by atoms with Crippen LogP contribution in [0.3, 0.4) is 0 Å². The molecule has 0 radical (unpaired) electrons. The van der Waals surface area contributed by atoms with E-state index in [4.69, 9.17) is 20.8 Å². The van der Waals surface area contributed by atoms with Gasteiger partial charge in [-0.2, -0.15) is 0 Å². The number of ether oxygens (including phenoxy) is 1. The van der Waals surface area contributed by atoms with Crippen LogP contribution in [0.2, 0.25) is 0 Å². The van der Waals surface area contributed by atoms with Crippen LogP contribution >= 0.6 is 0 Å². The zero-order valence-corrected chi connectivity index (χ0v) is 9.81. The van der Waals surface area contributed by atoms with Gasteiger partial charge in [0, 0.05) is 0 Å². The number of carboxylic acid groups (broad SMARTS) is 2. The number of hydrogen-bond donors (Lipinski definition) is 4. The molecule has 0 aromatic carbocycles. The minimum atomic E-state index is -2.49. The molecule has 98 valence electrons. The third-order valence-electron chi connectivity index (χ3n) is 1.78. The third kappa shape index (κ3) is 4.00. The van der Waals surface area contributed by atoms with Gasteiger partial charge in [-0.25, -0.2) is 15.0 Å². The van der Waals surface area contributed by atoms with Crippen molar-refractivity contribution in [3.63, 3.8) is 0 Å². The van der Waals surface area contributed by atoms with Crippen molar-refractivity contribution >= 4 is 17.9 Å². The fourth-order valence-corrected chi connectivity index (χ4v) is 0.999. The SMILES string of the molecule is CC(C)(C)OC(=O)C(CC(=O)O)(NN)C(=O)O. The van der Waals surface area contributed by atoms with Gasteiger partial charge < -0.3 is 14.9 Å². The number of hydrogen-bond acceptors (Lipinski definition) is 6. The van der Waals surface area contributed by atoms with Gasteiger partial charge in [-0.05, 0) is 20.8 Å². The molecule has 0 amide bonds. The fraction of sp³-hybridized carbons (Fsp3) is 0.667. The second-order valence-electron chi connectivity index (χ2n) is 4.43. The largest absolute Gasteiger partial charge is 0.481 e. The quantitative estimate of drug-likeness (QED) is 0.212. The molecule has 0 aromatic heterocycles. The van der Waals surface area contributed by atoms with Crippen molar-refractivity contribution in [2.45, 2.75) is 38.3 Å². The van der Waals surface area contributed by atoms with E-state index in [0.29, 0.717) is 0 Å². The molecule has 0 bridgehead atoms. The molecule has 0 aromatic rings. The number of carbonyl (C=O) groups is 3. The van der Waals surface area contributed by atoms with Crippen molar-refractivity contribution < 1.29 is 29.3 Å². The van der Waals surface area contributed by atoms with Crippen molar-refractivity contribution in [1.29, 1.82) is 0 Å². The first-order chi connectivity index (χ1) is 7.55. The Morgan fingerprint density at radius 3 is 1.94 bits per heavy atom. The number of nitrogens with two attached hydrogens (primary N) is 1. The van der Waals surface area contributed by atoms with Gasteiger partial charge in [0.1, 0.15) is 5.60 Å². The van der Waals surface area contributed by atoms with Gasteiger partial charge >= 0.3 is 17.9 Å². The highest BCUT2D eigenvalue weighted by Crippen LogP contribution is 2.18. The van der Waals surface area contributed by atoms with Crippen molar-refractivity contribution in [1.82, 2.24) is 5.43 Å². The van der Waals surface area contributed by atoms with E-state index in [9.17, 15) is 14.4 Å². The number of nitrogens with one attached hydrogen (secondary N) is 1. The number of carboxylic acids is 2. The molecular formula is C9H16N2O6. The van der Waals surface area contributed by atoms with Gasteiger partial charge in [0.25, 0.3) is 0 Å². The molecule has 5 N–H and O–H groups in total. The Bertz CT molecular complexity index is 335. The van der Waals surface area contributed by atoms with Crippen LogP contribution in [0.4, 0.5) is 0 Å². The van der Waals surface area contributed by atoms with E-state index >= 15 is 0 Å². The lowest BCUT2D eigenvalue weighted by Crippen LogP contribution is -2.63. The lowest BCUT2D eigenvalue weighted by atomic mass is 9.96. The van der Waals surface area contributed by atoms with E-state index < -0.39 is 35.5 Å². The van der Waals surface area contributed by atoms with Gasteiger partial charge in [-0.1, -0.05) is 0 Å². The Morgan fingerprint density at radius 2 is 1.71 bits per heavy atom. The van der Waals surface area contributed by atoms with E-state index in [1.807, 2.05) is 0 Å². The topological polar surface area (TPSA) is 139 Å². The van der Waals surface area contributed by atoms with Crippen LogP contribution in [0.25, 0.3) is 0 Å². The lowest BCUT2D eigenvalue weighted by Gasteiger charge is -2.29. The highest BCUT2D eigenvalue weighted by molar-refractivity contribution is 6.06. The highest BCUT2D eigenvalue weighted by atomic mass is 16.6. The Labute approximate surface area is 97.7 Å². The molecule has 0 aliphatic carbocycles. The molecule has 17 heavy (non-hydrogen) atoms. The summed E-state index contributed by atoms with van der Waals surface area (Å²) < 4.78 is 4.83. The predicted octanol–water partition coefficient (Wildman–Crippen LogP) is -0.910. The van der Waals surface area contributed by atoms with Gasteiger partial charge in [-0.15, -0.1) is 0 Å². The molecule has 0 fully saturated rings. The average molecular weight is 248 g/mol. The molecule has 0 aliphatic heterocycles. The predicted molar refractivity (Wildman–Crippen MR) is 55.8 cm³/mol. The van der Waals surface area contributed by atoms with Crippen LogP contribution in [-0.4, -0.2) is 39.3 Å². The monoisotopic (exact) mass is 248 g/mol. The van der Waals surface area contributed by atoms with E-state index in [1.165, 1.54) is 20.8 Å².